The Bertz CT molecular complexity index is 964. The van der Waals surface area contributed by atoms with Gasteiger partial charge in [0, 0.05) is 6.54 Å². The summed E-state index contributed by atoms with van der Waals surface area (Å²) in [4.78, 5) is 11.9. The molecule has 0 heterocycles. The number of nitrogens with one attached hydrogen (secondary N) is 1. The summed E-state index contributed by atoms with van der Waals surface area (Å²) >= 11 is 6.00. The van der Waals surface area contributed by atoms with Crippen LogP contribution in [0.1, 0.15) is 5.56 Å². The largest absolute Gasteiger partial charge is 0.416 e. The summed E-state index contributed by atoms with van der Waals surface area (Å²) in [6.07, 6.45) is -3.34. The van der Waals surface area contributed by atoms with Gasteiger partial charge in [0.15, 0.2) is 0 Å². The van der Waals surface area contributed by atoms with Crippen LogP contribution in [0.2, 0.25) is 5.02 Å². The van der Waals surface area contributed by atoms with E-state index in [0.29, 0.717) is 10.4 Å². The topological polar surface area (TPSA) is 66.5 Å². The second-order valence-corrected chi connectivity index (χ2v) is 7.85. The lowest BCUT2D eigenvalue weighted by molar-refractivity contribution is -0.137. The molecule has 1 amide bonds. The van der Waals surface area contributed by atoms with Crippen LogP contribution < -0.4 is 9.62 Å². The molecule has 0 bridgehead atoms. The lowest BCUT2D eigenvalue weighted by Gasteiger charge is -2.25. The van der Waals surface area contributed by atoms with E-state index in [0.717, 1.165) is 12.1 Å². The zero-order valence-electron chi connectivity index (χ0n) is 14.4. The summed E-state index contributed by atoms with van der Waals surface area (Å²) in [6, 6.07) is 9.30. The molecule has 5 nitrogen and oxygen atoms in total. The normalized spacial score (nSPS) is 11.7. The van der Waals surface area contributed by atoms with Crippen LogP contribution in [-0.2, 0) is 21.0 Å². The Kier molecular flexibility index (Phi) is 6.73. The number of anilines is 1. The van der Waals surface area contributed by atoms with Gasteiger partial charge in [0.05, 0.1) is 21.2 Å². The van der Waals surface area contributed by atoms with E-state index in [1.54, 1.807) is 6.07 Å². The van der Waals surface area contributed by atoms with Crippen molar-refractivity contribution in [3.63, 3.8) is 0 Å². The zero-order chi connectivity index (χ0) is 20.9. The molecule has 2 aromatic carbocycles. The number of hydrogen-bond donors (Lipinski definition) is 1. The van der Waals surface area contributed by atoms with Crippen LogP contribution in [0.4, 0.5) is 18.9 Å². The molecule has 28 heavy (non-hydrogen) atoms. The van der Waals surface area contributed by atoms with Crippen LogP contribution in [0.15, 0.2) is 66.1 Å². The SMILES string of the molecule is C=CCNC(=O)CN(c1cc(C(F)(F)F)ccc1Cl)S(=O)(=O)c1ccccc1. The first-order chi connectivity index (χ1) is 13.1. The maximum Gasteiger partial charge on any atom is 0.416 e. The van der Waals surface area contributed by atoms with Gasteiger partial charge in [0.25, 0.3) is 10.0 Å². The zero-order valence-corrected chi connectivity index (χ0v) is 16.0. The van der Waals surface area contributed by atoms with E-state index in [-0.39, 0.29) is 16.5 Å². The van der Waals surface area contributed by atoms with E-state index >= 15 is 0 Å². The third-order valence-electron chi connectivity index (χ3n) is 3.60. The molecular weight excluding hydrogens is 417 g/mol. The standard InChI is InChI=1S/C18H16ClF3N2O3S/c1-2-10-23-17(25)12-24(28(26,27)14-6-4-3-5-7-14)16-11-13(18(20,21)22)8-9-15(16)19/h2-9,11H,1,10,12H2,(H,23,25). The van der Waals surface area contributed by atoms with E-state index in [1.807, 2.05) is 0 Å². The molecule has 150 valence electrons. The van der Waals surface area contributed by atoms with Crippen LogP contribution in [0, 0.1) is 0 Å². The Hall–Kier alpha value is -2.52. The number of rotatable bonds is 7. The first kappa shape index (κ1) is 21.8. The number of hydrogen-bond acceptors (Lipinski definition) is 3. The molecule has 0 saturated carbocycles. The fourth-order valence-electron chi connectivity index (χ4n) is 2.27. The van der Waals surface area contributed by atoms with Crippen LogP contribution in [0.25, 0.3) is 0 Å². The monoisotopic (exact) mass is 432 g/mol. The first-order valence-electron chi connectivity index (χ1n) is 7.89. The summed E-state index contributed by atoms with van der Waals surface area (Å²) in [5.74, 6) is -0.729. The minimum atomic E-state index is -4.72. The summed E-state index contributed by atoms with van der Waals surface area (Å²) in [6.45, 7) is 2.73. The van der Waals surface area contributed by atoms with Gasteiger partial charge in [-0.1, -0.05) is 35.9 Å². The van der Waals surface area contributed by atoms with Crippen LogP contribution in [-0.4, -0.2) is 27.4 Å². The van der Waals surface area contributed by atoms with E-state index < -0.39 is 39.9 Å². The molecule has 2 aromatic rings. The highest BCUT2D eigenvalue weighted by atomic mass is 35.5. The number of carbonyl (C=O) groups excluding carboxylic acids is 1. The molecule has 0 aliphatic heterocycles. The molecule has 0 aliphatic rings. The van der Waals surface area contributed by atoms with Crippen LogP contribution in [0.3, 0.4) is 0 Å². The first-order valence-corrected chi connectivity index (χ1v) is 9.71. The van der Waals surface area contributed by atoms with E-state index in [2.05, 4.69) is 11.9 Å². The predicted molar refractivity (Wildman–Crippen MR) is 101 cm³/mol. The molecule has 10 heteroatoms. The molecule has 0 radical (unpaired) electrons. The number of alkyl halides is 3. The van der Waals surface area contributed by atoms with Crippen LogP contribution >= 0.6 is 11.6 Å². The molecule has 0 aliphatic carbocycles. The molecular formula is C18H16ClF3N2O3S. The van der Waals surface area contributed by atoms with Crippen molar-refractivity contribution >= 4 is 33.2 Å². The van der Waals surface area contributed by atoms with Gasteiger partial charge < -0.3 is 5.32 Å². The highest BCUT2D eigenvalue weighted by Crippen LogP contribution is 2.37. The fourth-order valence-corrected chi connectivity index (χ4v) is 3.99. The number of amides is 1. The average Bonchev–Trinajstić information content (AvgIpc) is 2.64. The summed E-state index contributed by atoms with van der Waals surface area (Å²) in [5.41, 5.74) is -1.54. The van der Waals surface area contributed by atoms with Gasteiger partial charge in [0.1, 0.15) is 6.54 Å². The number of carbonyl (C=O) groups is 1. The van der Waals surface area contributed by atoms with Gasteiger partial charge in [0.2, 0.25) is 5.91 Å². The molecule has 0 spiro atoms. The van der Waals surface area contributed by atoms with E-state index in [4.69, 9.17) is 11.6 Å². The molecule has 0 aromatic heterocycles. The number of nitrogens with zero attached hydrogens (tertiary/aromatic N) is 1. The van der Waals surface area contributed by atoms with Crippen molar-refractivity contribution in [2.45, 2.75) is 11.1 Å². The lowest BCUT2D eigenvalue weighted by Crippen LogP contribution is -2.41. The Balaban J connectivity index is 2.59. The van der Waals surface area contributed by atoms with Gasteiger partial charge in [-0.15, -0.1) is 6.58 Å². The van der Waals surface area contributed by atoms with Crippen molar-refractivity contribution in [2.24, 2.45) is 0 Å². The van der Waals surface area contributed by atoms with Crippen molar-refractivity contribution < 1.29 is 26.4 Å². The van der Waals surface area contributed by atoms with Crippen molar-refractivity contribution in [1.82, 2.24) is 5.32 Å². The van der Waals surface area contributed by atoms with Gasteiger partial charge in [-0.2, -0.15) is 13.2 Å². The summed E-state index contributed by atoms with van der Waals surface area (Å²) in [5, 5.41) is 2.15. The van der Waals surface area contributed by atoms with Crippen LogP contribution in [0.5, 0.6) is 0 Å². The van der Waals surface area contributed by atoms with Crippen molar-refractivity contribution in [3.05, 3.63) is 71.8 Å². The maximum absolute atomic E-state index is 13.1. The predicted octanol–water partition coefficient (Wildman–Crippen LogP) is 3.86. The quantitative estimate of drug-likeness (QED) is 0.676. The molecule has 0 unspecified atom stereocenters. The lowest BCUT2D eigenvalue weighted by atomic mass is 10.2. The maximum atomic E-state index is 13.1. The molecule has 1 N–H and O–H groups in total. The number of benzene rings is 2. The Morgan fingerprint density at radius 3 is 2.39 bits per heavy atom. The highest BCUT2D eigenvalue weighted by molar-refractivity contribution is 7.92. The van der Waals surface area contributed by atoms with Gasteiger partial charge in [-0.05, 0) is 30.3 Å². The van der Waals surface area contributed by atoms with Gasteiger partial charge in [-0.3, -0.25) is 9.10 Å². The average molecular weight is 433 g/mol. The van der Waals surface area contributed by atoms with Crippen molar-refractivity contribution in [2.75, 3.05) is 17.4 Å². The molecule has 0 fully saturated rings. The summed E-state index contributed by atoms with van der Waals surface area (Å²) < 4.78 is 66.0. The Labute approximate surface area is 165 Å². The minimum Gasteiger partial charge on any atom is -0.351 e. The van der Waals surface area contributed by atoms with E-state index in [9.17, 15) is 26.4 Å². The molecule has 0 saturated heterocycles. The summed E-state index contributed by atoms with van der Waals surface area (Å²) in [7, 11) is -4.36. The highest BCUT2D eigenvalue weighted by Gasteiger charge is 2.34. The third kappa shape index (κ3) is 5.05. The Morgan fingerprint density at radius 2 is 1.82 bits per heavy atom. The van der Waals surface area contributed by atoms with E-state index in [1.165, 1.54) is 30.3 Å². The number of sulfonamides is 1. The minimum absolute atomic E-state index is 0.0639. The number of halogens is 4. The van der Waals surface area contributed by atoms with Gasteiger partial charge >= 0.3 is 6.18 Å². The molecule has 0 atom stereocenters. The molecule has 2 rings (SSSR count). The van der Waals surface area contributed by atoms with Crippen molar-refractivity contribution in [1.29, 1.82) is 0 Å². The van der Waals surface area contributed by atoms with Gasteiger partial charge in [-0.25, -0.2) is 8.42 Å². The fraction of sp³-hybridized carbons (Fsp3) is 0.167. The second kappa shape index (κ2) is 8.66. The smallest absolute Gasteiger partial charge is 0.351 e. The Morgan fingerprint density at radius 1 is 1.18 bits per heavy atom. The van der Waals surface area contributed by atoms with Crippen molar-refractivity contribution in [3.8, 4) is 0 Å². The second-order valence-electron chi connectivity index (χ2n) is 5.58. The third-order valence-corrected chi connectivity index (χ3v) is 5.70.